The Morgan fingerprint density at radius 1 is 1.44 bits per heavy atom. The van der Waals surface area contributed by atoms with E-state index < -0.39 is 0 Å². The van der Waals surface area contributed by atoms with Gasteiger partial charge in [0.15, 0.2) is 0 Å². The van der Waals surface area contributed by atoms with E-state index >= 15 is 0 Å². The van der Waals surface area contributed by atoms with Gasteiger partial charge in [0.25, 0.3) is 0 Å². The predicted molar refractivity (Wildman–Crippen MR) is 79.9 cm³/mol. The molecule has 2 rings (SSSR count). The number of halogens is 1. The van der Waals surface area contributed by atoms with Gasteiger partial charge in [-0.1, -0.05) is 25.4 Å². The van der Waals surface area contributed by atoms with E-state index in [9.17, 15) is 0 Å². The van der Waals surface area contributed by atoms with Crippen molar-refractivity contribution in [2.45, 2.75) is 52.0 Å². The molecule has 1 saturated carbocycles. The smallest absolute Gasteiger partial charge is 0.0931 e. The van der Waals surface area contributed by atoms with Crippen molar-refractivity contribution in [2.75, 3.05) is 0 Å². The van der Waals surface area contributed by atoms with Crippen LogP contribution in [0, 0.1) is 11.3 Å². The molecular weight excluding hydrogens is 264 g/mol. The van der Waals surface area contributed by atoms with Gasteiger partial charge in [-0.25, -0.2) is 0 Å². The van der Waals surface area contributed by atoms with Crippen LogP contribution in [0.15, 0.2) is 12.1 Å². The number of hydrazine groups is 1. The van der Waals surface area contributed by atoms with E-state index in [1.807, 2.05) is 6.07 Å². The van der Waals surface area contributed by atoms with Crippen LogP contribution in [0.25, 0.3) is 0 Å². The number of hydrogen-bond donors (Lipinski definition) is 2. The first-order valence-corrected chi connectivity index (χ1v) is 7.90. The number of hydrogen-bond acceptors (Lipinski definition) is 3. The summed E-state index contributed by atoms with van der Waals surface area (Å²) in [5.41, 5.74) is 3.54. The maximum Gasteiger partial charge on any atom is 0.0931 e. The minimum absolute atomic E-state index is 0.385. The quantitative estimate of drug-likeness (QED) is 0.649. The Hall–Kier alpha value is -0.0900. The Kier molecular flexibility index (Phi) is 4.70. The van der Waals surface area contributed by atoms with E-state index in [1.165, 1.54) is 30.6 Å². The Labute approximate surface area is 119 Å². The monoisotopic (exact) mass is 286 g/mol. The SMILES string of the molecule is CC1(C)CCC(C(Cc2ccc(Cl)s2)NN)CC1. The highest BCUT2D eigenvalue weighted by Crippen LogP contribution is 2.39. The lowest BCUT2D eigenvalue weighted by Gasteiger charge is -2.37. The predicted octanol–water partition coefficient (Wildman–Crippen LogP) is 3.99. The molecule has 1 unspecified atom stereocenters. The van der Waals surface area contributed by atoms with Crippen molar-refractivity contribution in [1.29, 1.82) is 0 Å². The van der Waals surface area contributed by atoms with Crippen molar-refractivity contribution in [2.24, 2.45) is 17.2 Å². The highest BCUT2D eigenvalue weighted by atomic mass is 35.5. The highest BCUT2D eigenvalue weighted by Gasteiger charge is 2.31. The van der Waals surface area contributed by atoms with Crippen molar-refractivity contribution in [3.05, 3.63) is 21.3 Å². The van der Waals surface area contributed by atoms with Crippen LogP contribution in [0.4, 0.5) is 0 Å². The van der Waals surface area contributed by atoms with Gasteiger partial charge in [-0.2, -0.15) is 0 Å². The normalized spacial score (nSPS) is 22.0. The standard InChI is InChI=1S/C14H23ClN2S/c1-14(2)7-5-10(6-8-14)12(17-16)9-11-3-4-13(15)18-11/h3-4,10,12,17H,5-9,16H2,1-2H3. The summed E-state index contributed by atoms with van der Waals surface area (Å²) >= 11 is 7.64. The second kappa shape index (κ2) is 5.91. The van der Waals surface area contributed by atoms with Gasteiger partial charge >= 0.3 is 0 Å². The molecule has 0 aromatic carbocycles. The Bertz CT molecular complexity index is 379. The molecule has 1 aromatic heterocycles. The zero-order valence-corrected chi connectivity index (χ0v) is 12.8. The third-order valence-electron chi connectivity index (χ3n) is 4.22. The lowest BCUT2D eigenvalue weighted by atomic mass is 9.71. The summed E-state index contributed by atoms with van der Waals surface area (Å²) in [7, 11) is 0. The molecule has 0 bridgehead atoms. The van der Waals surface area contributed by atoms with E-state index in [0.717, 1.165) is 10.8 Å². The lowest BCUT2D eigenvalue weighted by molar-refractivity contribution is 0.161. The molecule has 0 radical (unpaired) electrons. The summed E-state index contributed by atoms with van der Waals surface area (Å²) in [6, 6.07) is 4.47. The van der Waals surface area contributed by atoms with Gasteiger partial charge in [0.2, 0.25) is 0 Å². The van der Waals surface area contributed by atoms with Gasteiger partial charge in [0, 0.05) is 10.9 Å². The minimum atomic E-state index is 0.385. The van der Waals surface area contributed by atoms with Crippen molar-refractivity contribution >= 4 is 22.9 Å². The maximum absolute atomic E-state index is 5.98. The maximum atomic E-state index is 5.98. The Balaban J connectivity index is 1.93. The zero-order valence-electron chi connectivity index (χ0n) is 11.2. The second-order valence-electron chi connectivity index (χ2n) is 6.18. The molecule has 0 aliphatic heterocycles. The first-order chi connectivity index (χ1) is 8.50. The van der Waals surface area contributed by atoms with Gasteiger partial charge in [-0.05, 0) is 55.6 Å². The fourth-order valence-electron chi connectivity index (χ4n) is 2.86. The molecule has 4 heteroatoms. The Morgan fingerprint density at radius 2 is 2.11 bits per heavy atom. The molecule has 18 heavy (non-hydrogen) atoms. The molecule has 1 atom stereocenters. The number of nitrogens with one attached hydrogen (secondary N) is 1. The highest BCUT2D eigenvalue weighted by molar-refractivity contribution is 7.16. The minimum Gasteiger partial charge on any atom is -0.271 e. The van der Waals surface area contributed by atoms with E-state index in [0.29, 0.717) is 17.4 Å². The van der Waals surface area contributed by atoms with Gasteiger partial charge in [0.05, 0.1) is 4.34 Å². The molecular formula is C14H23ClN2S. The molecule has 0 saturated heterocycles. The first kappa shape index (κ1) is 14.3. The van der Waals surface area contributed by atoms with Crippen LogP contribution in [-0.4, -0.2) is 6.04 Å². The summed E-state index contributed by atoms with van der Waals surface area (Å²) in [5, 5.41) is 0. The van der Waals surface area contributed by atoms with Crippen LogP contribution < -0.4 is 11.3 Å². The number of rotatable bonds is 4. The van der Waals surface area contributed by atoms with E-state index in [-0.39, 0.29) is 0 Å². The topological polar surface area (TPSA) is 38.0 Å². The molecule has 1 fully saturated rings. The van der Waals surface area contributed by atoms with Gasteiger partial charge in [-0.3, -0.25) is 11.3 Å². The van der Waals surface area contributed by atoms with E-state index in [4.69, 9.17) is 17.4 Å². The van der Waals surface area contributed by atoms with Crippen LogP contribution in [0.1, 0.15) is 44.4 Å². The summed E-state index contributed by atoms with van der Waals surface area (Å²) in [4.78, 5) is 1.33. The van der Waals surface area contributed by atoms with Crippen LogP contribution in [0.5, 0.6) is 0 Å². The van der Waals surface area contributed by atoms with Crippen molar-refractivity contribution in [3.8, 4) is 0 Å². The zero-order chi connectivity index (χ0) is 13.2. The summed E-state index contributed by atoms with van der Waals surface area (Å²) in [6.45, 7) is 4.74. The van der Waals surface area contributed by atoms with Crippen LogP contribution in [-0.2, 0) is 6.42 Å². The number of thiophene rings is 1. The number of nitrogens with two attached hydrogens (primary N) is 1. The lowest BCUT2D eigenvalue weighted by Crippen LogP contribution is -2.44. The fraction of sp³-hybridized carbons (Fsp3) is 0.714. The Morgan fingerprint density at radius 3 is 2.61 bits per heavy atom. The second-order valence-corrected chi connectivity index (χ2v) is 7.98. The molecule has 2 nitrogen and oxygen atoms in total. The molecule has 0 amide bonds. The molecule has 1 aliphatic rings. The largest absolute Gasteiger partial charge is 0.271 e. The van der Waals surface area contributed by atoms with Crippen LogP contribution >= 0.6 is 22.9 Å². The summed E-state index contributed by atoms with van der Waals surface area (Å²) < 4.78 is 0.866. The van der Waals surface area contributed by atoms with Crippen LogP contribution in [0.3, 0.4) is 0 Å². The molecule has 0 spiro atoms. The van der Waals surface area contributed by atoms with Gasteiger partial charge < -0.3 is 0 Å². The average Bonchev–Trinajstić information content (AvgIpc) is 2.72. The fourth-order valence-corrected chi connectivity index (χ4v) is 4.01. The van der Waals surface area contributed by atoms with E-state index in [1.54, 1.807) is 11.3 Å². The third kappa shape index (κ3) is 3.70. The summed E-state index contributed by atoms with van der Waals surface area (Å²) in [6.07, 6.45) is 6.17. The molecule has 102 valence electrons. The average molecular weight is 287 g/mol. The molecule has 1 aliphatic carbocycles. The molecule has 1 heterocycles. The van der Waals surface area contributed by atoms with Crippen LogP contribution in [0.2, 0.25) is 4.34 Å². The molecule has 1 aromatic rings. The first-order valence-electron chi connectivity index (χ1n) is 6.70. The summed E-state index contributed by atoms with van der Waals surface area (Å²) in [5.74, 6) is 6.45. The molecule has 3 N–H and O–H groups in total. The van der Waals surface area contributed by atoms with Gasteiger partial charge in [0.1, 0.15) is 0 Å². The van der Waals surface area contributed by atoms with Gasteiger partial charge in [-0.15, -0.1) is 11.3 Å². The van der Waals surface area contributed by atoms with Crippen molar-refractivity contribution < 1.29 is 0 Å². The third-order valence-corrected chi connectivity index (χ3v) is 5.47. The van der Waals surface area contributed by atoms with E-state index in [2.05, 4.69) is 25.3 Å². The van der Waals surface area contributed by atoms with Crippen molar-refractivity contribution in [3.63, 3.8) is 0 Å². The van der Waals surface area contributed by atoms with Crippen molar-refractivity contribution in [1.82, 2.24) is 5.43 Å².